The van der Waals surface area contributed by atoms with Gasteiger partial charge in [0.2, 0.25) is 0 Å². The summed E-state index contributed by atoms with van der Waals surface area (Å²) >= 11 is 0. The highest BCUT2D eigenvalue weighted by Crippen LogP contribution is 2.21. The quantitative estimate of drug-likeness (QED) is 0.0780. The maximum atomic E-state index is 5.35. The van der Waals surface area contributed by atoms with Crippen molar-refractivity contribution in [2.45, 2.75) is 180 Å². The van der Waals surface area contributed by atoms with Gasteiger partial charge in [0.05, 0.1) is 0 Å². The molecule has 0 saturated heterocycles. The minimum Gasteiger partial charge on any atom is -0.331 e. The monoisotopic (exact) mass is 484 g/mol. The molecule has 0 aromatic heterocycles. The van der Waals surface area contributed by atoms with Crippen molar-refractivity contribution in [1.29, 1.82) is 0 Å². The van der Waals surface area contributed by atoms with Gasteiger partial charge in [-0.3, -0.25) is 0 Å². The molecular weight excluding hydrogens is 420 g/mol. The summed E-state index contributed by atoms with van der Waals surface area (Å²) in [4.78, 5) is 0. The van der Waals surface area contributed by atoms with Crippen LogP contribution in [0.25, 0.3) is 0 Å². The lowest BCUT2D eigenvalue weighted by Gasteiger charge is -2.28. The van der Waals surface area contributed by atoms with Crippen LogP contribution in [0, 0.1) is 0 Å². The molecule has 3 nitrogen and oxygen atoms in total. The van der Waals surface area contributed by atoms with Gasteiger partial charge in [-0.15, -0.1) is 0 Å². The molecule has 0 spiro atoms. The van der Waals surface area contributed by atoms with Gasteiger partial charge in [0.25, 0.3) is 5.97 Å². The zero-order valence-corrected chi connectivity index (χ0v) is 24.1. The van der Waals surface area contributed by atoms with Crippen molar-refractivity contribution in [1.82, 2.24) is 0 Å². The van der Waals surface area contributed by atoms with Crippen LogP contribution in [0.5, 0.6) is 0 Å². The highest BCUT2D eigenvalue weighted by atomic mass is 16.9. The van der Waals surface area contributed by atoms with Crippen molar-refractivity contribution in [2.24, 2.45) is 0 Å². The summed E-state index contributed by atoms with van der Waals surface area (Å²) in [6.45, 7) is 2.30. The minimum atomic E-state index is -0.841. The van der Waals surface area contributed by atoms with Crippen molar-refractivity contribution >= 4 is 0 Å². The van der Waals surface area contributed by atoms with Crippen LogP contribution in [0.4, 0.5) is 0 Å². The molecule has 206 valence electrons. The number of rotatable bonds is 29. The predicted octanol–water partition coefficient (Wildman–Crippen LogP) is 10.7. The molecule has 0 bridgehead atoms. The fraction of sp³-hybridized carbons (Fsp3) is 1.00. The molecule has 0 aromatic carbocycles. The van der Waals surface area contributed by atoms with Crippen LogP contribution >= 0.6 is 0 Å². The van der Waals surface area contributed by atoms with Crippen LogP contribution < -0.4 is 0 Å². The van der Waals surface area contributed by atoms with Crippen molar-refractivity contribution in [2.75, 3.05) is 21.3 Å². The first kappa shape index (κ1) is 33.9. The largest absolute Gasteiger partial charge is 0.331 e. The average molecular weight is 485 g/mol. The third-order valence-corrected chi connectivity index (χ3v) is 7.52. The lowest BCUT2D eigenvalue weighted by Crippen LogP contribution is -2.35. The number of unbranched alkanes of at least 4 members (excludes halogenated alkanes) is 24. The highest BCUT2D eigenvalue weighted by molar-refractivity contribution is 4.57. The zero-order chi connectivity index (χ0) is 25.0. The number of hydrogen-bond donors (Lipinski definition) is 0. The van der Waals surface area contributed by atoms with Gasteiger partial charge in [-0.1, -0.05) is 161 Å². The molecular formula is C31H64O3. The van der Waals surface area contributed by atoms with Crippen LogP contribution in [-0.4, -0.2) is 27.3 Å². The zero-order valence-electron chi connectivity index (χ0n) is 24.1. The van der Waals surface area contributed by atoms with E-state index in [1.54, 1.807) is 21.3 Å². The van der Waals surface area contributed by atoms with E-state index < -0.39 is 5.97 Å². The van der Waals surface area contributed by atoms with E-state index in [1.807, 2.05) is 0 Å². The van der Waals surface area contributed by atoms with E-state index in [4.69, 9.17) is 14.2 Å². The third kappa shape index (κ3) is 22.4. The van der Waals surface area contributed by atoms with E-state index in [0.29, 0.717) is 0 Å². The van der Waals surface area contributed by atoms with Crippen molar-refractivity contribution in [3.8, 4) is 0 Å². The predicted molar refractivity (Wildman–Crippen MR) is 149 cm³/mol. The second kappa shape index (κ2) is 27.5. The highest BCUT2D eigenvalue weighted by Gasteiger charge is 2.28. The van der Waals surface area contributed by atoms with Gasteiger partial charge < -0.3 is 14.2 Å². The molecule has 0 N–H and O–H groups in total. The summed E-state index contributed by atoms with van der Waals surface area (Å²) in [6, 6.07) is 0. The Hall–Kier alpha value is -0.120. The maximum absolute atomic E-state index is 5.35. The molecule has 34 heavy (non-hydrogen) atoms. The number of ether oxygens (including phenoxy) is 3. The van der Waals surface area contributed by atoms with Gasteiger partial charge in [-0.2, -0.15) is 0 Å². The molecule has 0 radical (unpaired) electrons. The van der Waals surface area contributed by atoms with Crippen molar-refractivity contribution in [3.63, 3.8) is 0 Å². The molecule has 0 atom stereocenters. The standard InChI is InChI=1S/C31H64O3/c1-5-6-7-8-9-10-11-12-13-14-15-16-17-18-19-20-21-22-23-24-25-26-27-28-29-30-31(32-2,33-3)34-4/h5-30H2,1-4H3. The van der Waals surface area contributed by atoms with Crippen LogP contribution in [0.3, 0.4) is 0 Å². The number of methoxy groups -OCH3 is 3. The average Bonchev–Trinajstić information content (AvgIpc) is 2.86. The first-order valence-corrected chi connectivity index (χ1v) is 15.4. The Bertz CT molecular complexity index is 359. The molecule has 0 heterocycles. The van der Waals surface area contributed by atoms with Crippen molar-refractivity contribution in [3.05, 3.63) is 0 Å². The molecule has 0 amide bonds. The SMILES string of the molecule is CCCCCCCCCCCCCCCCCCCCCCCCCCCC(OC)(OC)OC. The molecule has 0 aliphatic carbocycles. The summed E-state index contributed by atoms with van der Waals surface area (Å²) in [6.07, 6.45) is 36.3. The van der Waals surface area contributed by atoms with E-state index in [9.17, 15) is 0 Å². The van der Waals surface area contributed by atoms with E-state index >= 15 is 0 Å². The molecule has 0 fully saturated rings. The van der Waals surface area contributed by atoms with Crippen LogP contribution in [-0.2, 0) is 14.2 Å². The lowest BCUT2D eigenvalue weighted by molar-refractivity contribution is -0.355. The molecule has 0 unspecified atom stereocenters. The Labute approximate surface area is 215 Å². The Morgan fingerprint density at radius 1 is 0.324 bits per heavy atom. The summed E-state index contributed by atoms with van der Waals surface area (Å²) in [5.74, 6) is -0.841. The van der Waals surface area contributed by atoms with Crippen LogP contribution in [0.2, 0.25) is 0 Å². The second-order valence-corrected chi connectivity index (χ2v) is 10.5. The summed E-state index contributed by atoms with van der Waals surface area (Å²) in [7, 11) is 4.94. The lowest BCUT2D eigenvalue weighted by atomic mass is 10.0. The van der Waals surface area contributed by atoms with E-state index in [-0.39, 0.29) is 0 Å². The van der Waals surface area contributed by atoms with Crippen molar-refractivity contribution < 1.29 is 14.2 Å². The Morgan fingerprint density at radius 3 is 0.735 bits per heavy atom. The summed E-state index contributed by atoms with van der Waals surface area (Å²) in [5, 5.41) is 0. The Balaban J connectivity index is 3.14. The second-order valence-electron chi connectivity index (χ2n) is 10.5. The van der Waals surface area contributed by atoms with Gasteiger partial charge in [0, 0.05) is 27.8 Å². The first-order chi connectivity index (χ1) is 16.7. The van der Waals surface area contributed by atoms with E-state index in [1.165, 1.54) is 154 Å². The van der Waals surface area contributed by atoms with Gasteiger partial charge in [0.15, 0.2) is 0 Å². The third-order valence-electron chi connectivity index (χ3n) is 7.52. The maximum Gasteiger partial charge on any atom is 0.282 e. The fourth-order valence-corrected chi connectivity index (χ4v) is 5.04. The minimum absolute atomic E-state index is 0.801. The molecule has 3 heteroatoms. The van der Waals surface area contributed by atoms with E-state index in [0.717, 1.165) is 12.8 Å². The summed E-state index contributed by atoms with van der Waals surface area (Å²) < 4.78 is 16.0. The molecule has 0 aliphatic rings. The van der Waals surface area contributed by atoms with Gasteiger partial charge in [-0.25, -0.2) is 0 Å². The fourth-order valence-electron chi connectivity index (χ4n) is 5.04. The van der Waals surface area contributed by atoms with Crippen LogP contribution in [0.15, 0.2) is 0 Å². The summed E-state index contributed by atoms with van der Waals surface area (Å²) in [5.41, 5.74) is 0. The van der Waals surface area contributed by atoms with Crippen LogP contribution in [0.1, 0.15) is 174 Å². The van der Waals surface area contributed by atoms with Gasteiger partial charge in [-0.05, 0) is 6.42 Å². The Kier molecular flexibility index (Phi) is 27.4. The molecule has 0 aliphatic heterocycles. The number of hydrogen-bond acceptors (Lipinski definition) is 3. The van der Waals surface area contributed by atoms with E-state index in [2.05, 4.69) is 6.92 Å². The topological polar surface area (TPSA) is 27.7 Å². The first-order valence-electron chi connectivity index (χ1n) is 15.4. The molecule has 0 saturated carbocycles. The Morgan fingerprint density at radius 2 is 0.529 bits per heavy atom. The smallest absolute Gasteiger partial charge is 0.282 e. The van der Waals surface area contributed by atoms with Gasteiger partial charge >= 0.3 is 0 Å². The molecule has 0 rings (SSSR count). The van der Waals surface area contributed by atoms with Gasteiger partial charge in [0.1, 0.15) is 0 Å². The molecule has 0 aromatic rings. The normalized spacial score (nSPS) is 12.0.